The number of phenols is 3. The Bertz CT molecular complexity index is 2300. The first-order chi connectivity index (χ1) is 24.0. The maximum atomic E-state index is 11.3. The highest BCUT2D eigenvalue weighted by Gasteiger charge is 2.21. The minimum absolute atomic E-state index is 0.00510. The molecule has 0 aliphatic rings. The highest BCUT2D eigenvalue weighted by atomic mass is 16.3. The molecule has 3 aromatic carbocycles. The predicted molar refractivity (Wildman–Crippen MR) is 184 cm³/mol. The van der Waals surface area contributed by atoms with Crippen LogP contribution >= 0.6 is 0 Å². The number of hydrogen-bond donors (Lipinski definition) is 3. The Morgan fingerprint density at radius 1 is 0.469 bits per heavy atom. The molecular formula is C37H25N9O3. The van der Waals surface area contributed by atoms with Crippen LogP contribution in [-0.2, 0) is 0 Å². The van der Waals surface area contributed by atoms with E-state index in [0.717, 1.165) is 5.65 Å². The van der Waals surface area contributed by atoms with E-state index in [-0.39, 0.29) is 17.2 Å². The molecule has 9 rings (SSSR count). The Balaban J connectivity index is 1.15. The van der Waals surface area contributed by atoms with E-state index in [1.807, 2.05) is 82.6 Å². The minimum atomic E-state index is -0.00510. The van der Waals surface area contributed by atoms with Crippen molar-refractivity contribution in [3.8, 4) is 51.0 Å². The molecule has 0 bridgehead atoms. The summed E-state index contributed by atoms with van der Waals surface area (Å²) >= 11 is 0. The molecule has 0 aliphatic heterocycles. The molecule has 0 amide bonds. The number of anilines is 3. The predicted octanol–water partition coefficient (Wildman–Crippen LogP) is 7.01. The SMILES string of the molecule is Oc1cc(N(c2ccc(-c3cn4cccnc4n3)c(O)c2)c2ccc(-c3cn4cccnc4n3)c(O)c2)ccc1-c1cn2ccccc2n1. The summed E-state index contributed by atoms with van der Waals surface area (Å²) in [7, 11) is 0. The normalized spacial score (nSPS) is 11.5. The summed E-state index contributed by atoms with van der Waals surface area (Å²) in [4.78, 5) is 24.2. The van der Waals surface area contributed by atoms with Gasteiger partial charge in [0.2, 0.25) is 11.6 Å². The van der Waals surface area contributed by atoms with Gasteiger partial charge < -0.3 is 24.6 Å². The summed E-state index contributed by atoms with van der Waals surface area (Å²) in [6, 6.07) is 25.1. The van der Waals surface area contributed by atoms with Crippen LogP contribution < -0.4 is 4.90 Å². The minimum Gasteiger partial charge on any atom is -0.507 e. The fourth-order valence-corrected chi connectivity index (χ4v) is 6.06. The summed E-state index contributed by atoms with van der Waals surface area (Å²) in [5.74, 6) is 1.03. The maximum absolute atomic E-state index is 11.3. The molecule has 0 fully saturated rings. The smallest absolute Gasteiger partial charge is 0.234 e. The first-order valence-electron chi connectivity index (χ1n) is 15.3. The fourth-order valence-electron chi connectivity index (χ4n) is 6.06. The largest absolute Gasteiger partial charge is 0.507 e. The first kappa shape index (κ1) is 28.0. The Hall–Kier alpha value is -7.21. The van der Waals surface area contributed by atoms with E-state index in [2.05, 4.69) is 24.9 Å². The Labute approximate surface area is 277 Å². The molecule has 6 aromatic heterocycles. The summed E-state index contributed by atoms with van der Waals surface area (Å²) in [5, 5.41) is 34.0. The topological polar surface area (TPSA) is 142 Å². The van der Waals surface area contributed by atoms with Gasteiger partial charge in [-0.3, -0.25) is 8.80 Å². The third-order valence-corrected chi connectivity index (χ3v) is 8.38. The number of benzene rings is 3. The van der Waals surface area contributed by atoms with Crippen LogP contribution in [0.1, 0.15) is 0 Å². The molecule has 0 radical (unpaired) electrons. The van der Waals surface area contributed by atoms with Gasteiger partial charge in [-0.2, -0.15) is 0 Å². The van der Waals surface area contributed by atoms with Crippen molar-refractivity contribution in [1.82, 2.24) is 38.1 Å². The van der Waals surface area contributed by atoms with Crippen molar-refractivity contribution in [2.24, 2.45) is 0 Å². The molecule has 0 aliphatic carbocycles. The lowest BCUT2D eigenvalue weighted by Crippen LogP contribution is -2.10. The zero-order chi connectivity index (χ0) is 33.1. The molecular weight excluding hydrogens is 618 g/mol. The summed E-state index contributed by atoms with van der Waals surface area (Å²) in [5.41, 5.74) is 5.85. The Kier molecular flexibility index (Phi) is 6.27. The van der Waals surface area contributed by atoms with Crippen LogP contribution in [0.2, 0.25) is 0 Å². The molecule has 0 atom stereocenters. The molecule has 0 unspecified atom stereocenters. The molecule has 0 spiro atoms. The number of pyridine rings is 1. The molecule has 9 aromatic rings. The van der Waals surface area contributed by atoms with Crippen molar-refractivity contribution in [3.63, 3.8) is 0 Å². The van der Waals surface area contributed by atoms with Gasteiger partial charge in [0.1, 0.15) is 22.9 Å². The maximum Gasteiger partial charge on any atom is 0.234 e. The van der Waals surface area contributed by atoms with Crippen molar-refractivity contribution < 1.29 is 15.3 Å². The average Bonchev–Trinajstić information content (AvgIpc) is 3.85. The molecule has 236 valence electrons. The van der Waals surface area contributed by atoms with E-state index in [9.17, 15) is 15.3 Å². The van der Waals surface area contributed by atoms with Gasteiger partial charge >= 0.3 is 0 Å². The van der Waals surface area contributed by atoms with Gasteiger partial charge in [-0.25, -0.2) is 24.9 Å². The zero-order valence-corrected chi connectivity index (χ0v) is 25.6. The van der Waals surface area contributed by atoms with E-state index in [1.165, 1.54) is 0 Å². The van der Waals surface area contributed by atoms with Gasteiger partial charge in [-0.15, -0.1) is 0 Å². The van der Waals surface area contributed by atoms with Crippen molar-refractivity contribution in [3.05, 3.63) is 135 Å². The van der Waals surface area contributed by atoms with Crippen molar-refractivity contribution in [2.45, 2.75) is 0 Å². The first-order valence-corrected chi connectivity index (χ1v) is 15.3. The number of phenolic OH excluding ortho intramolecular Hbond substituents is 3. The third kappa shape index (κ3) is 4.82. The van der Waals surface area contributed by atoms with Crippen LogP contribution in [-0.4, -0.2) is 53.4 Å². The highest BCUT2D eigenvalue weighted by molar-refractivity contribution is 5.85. The third-order valence-electron chi connectivity index (χ3n) is 8.38. The van der Waals surface area contributed by atoms with E-state index < -0.39 is 0 Å². The lowest BCUT2D eigenvalue weighted by atomic mass is 10.1. The van der Waals surface area contributed by atoms with Gasteiger partial charge in [0.25, 0.3) is 0 Å². The van der Waals surface area contributed by atoms with Crippen LogP contribution in [0.5, 0.6) is 17.2 Å². The Morgan fingerprint density at radius 2 is 0.918 bits per heavy atom. The second kappa shape index (κ2) is 11.0. The monoisotopic (exact) mass is 643 g/mol. The van der Waals surface area contributed by atoms with Crippen molar-refractivity contribution >= 4 is 34.3 Å². The highest BCUT2D eigenvalue weighted by Crippen LogP contribution is 2.44. The van der Waals surface area contributed by atoms with Crippen LogP contribution in [0, 0.1) is 0 Å². The van der Waals surface area contributed by atoms with Crippen LogP contribution in [0.3, 0.4) is 0 Å². The summed E-state index contributed by atoms with van der Waals surface area (Å²) in [6.07, 6.45) is 14.4. The Morgan fingerprint density at radius 3 is 1.37 bits per heavy atom. The molecule has 12 heteroatoms. The molecule has 6 heterocycles. The number of nitrogens with zero attached hydrogens (tertiary/aromatic N) is 9. The number of aromatic nitrogens is 8. The van der Waals surface area contributed by atoms with E-state index >= 15 is 0 Å². The molecule has 49 heavy (non-hydrogen) atoms. The zero-order valence-electron chi connectivity index (χ0n) is 25.6. The number of aromatic hydroxyl groups is 3. The molecule has 3 N–H and O–H groups in total. The molecule has 0 saturated carbocycles. The van der Waals surface area contributed by atoms with Crippen molar-refractivity contribution in [2.75, 3.05) is 4.90 Å². The van der Waals surface area contributed by atoms with Crippen LogP contribution in [0.15, 0.2) is 135 Å². The van der Waals surface area contributed by atoms with Gasteiger partial charge in [-0.05, 0) is 60.7 Å². The van der Waals surface area contributed by atoms with Gasteiger partial charge in [-0.1, -0.05) is 6.07 Å². The second-order valence-electron chi connectivity index (χ2n) is 11.4. The van der Waals surface area contributed by atoms with Gasteiger partial charge in [0.05, 0.1) is 17.1 Å². The number of hydrogen-bond acceptors (Lipinski definition) is 9. The summed E-state index contributed by atoms with van der Waals surface area (Å²) < 4.78 is 5.46. The molecule has 0 saturated heterocycles. The van der Waals surface area contributed by atoms with E-state index in [1.54, 1.807) is 70.0 Å². The fraction of sp³-hybridized carbons (Fsp3) is 0. The van der Waals surface area contributed by atoms with Gasteiger partial charge in [0.15, 0.2) is 0 Å². The van der Waals surface area contributed by atoms with Crippen molar-refractivity contribution in [1.29, 1.82) is 0 Å². The molecule has 12 nitrogen and oxygen atoms in total. The quantitative estimate of drug-likeness (QED) is 0.174. The number of rotatable bonds is 6. The second-order valence-corrected chi connectivity index (χ2v) is 11.4. The summed E-state index contributed by atoms with van der Waals surface area (Å²) in [6.45, 7) is 0. The number of fused-ring (bicyclic) bond motifs is 3. The lowest BCUT2D eigenvalue weighted by Gasteiger charge is -2.26. The van der Waals surface area contributed by atoms with E-state index in [0.29, 0.717) is 62.4 Å². The van der Waals surface area contributed by atoms with Crippen LogP contribution in [0.25, 0.3) is 51.0 Å². The van der Waals surface area contributed by atoms with E-state index in [4.69, 9.17) is 0 Å². The lowest BCUT2D eigenvalue weighted by molar-refractivity contribution is 0.477. The number of imidazole rings is 3. The van der Waals surface area contributed by atoms with Gasteiger partial charge in [0, 0.05) is 102 Å². The standard InChI is InChI=1S/C37H25N9O3/c47-32-17-23(6-9-26(32)29-20-43-14-2-1-5-35(43)40-29)46(24-7-10-27(33(48)18-24)30-21-44-15-3-12-38-36(44)41-30)25-8-11-28(34(49)19-25)31-22-45-16-4-13-39-37(45)42-31/h1-22,47-49H. The van der Waals surface area contributed by atoms with Crippen LogP contribution in [0.4, 0.5) is 17.1 Å². The average molecular weight is 644 g/mol.